The summed E-state index contributed by atoms with van der Waals surface area (Å²) < 4.78 is 5.36. The van der Waals surface area contributed by atoms with Crippen molar-refractivity contribution in [1.29, 1.82) is 0 Å². The largest absolute Gasteiger partial charge is 0.494 e. The number of nitrogens with zero attached hydrogens (tertiary/aromatic N) is 1. The minimum atomic E-state index is 0.00167. The molecule has 4 nitrogen and oxygen atoms in total. The molecule has 0 heterocycles. The van der Waals surface area contributed by atoms with E-state index in [0.717, 1.165) is 18.6 Å². The van der Waals surface area contributed by atoms with Gasteiger partial charge in [0.15, 0.2) is 0 Å². The molecule has 2 rings (SSSR count). The average Bonchev–Trinajstić information content (AvgIpc) is 2.37. The van der Waals surface area contributed by atoms with E-state index in [-0.39, 0.29) is 12.5 Å². The Hall–Kier alpha value is -1.55. The second kappa shape index (κ2) is 6.57. The van der Waals surface area contributed by atoms with E-state index in [0.29, 0.717) is 24.8 Å². The molecule has 1 aliphatic rings. The quantitative estimate of drug-likeness (QED) is 0.854. The van der Waals surface area contributed by atoms with Crippen LogP contribution in [0.1, 0.15) is 36.5 Å². The van der Waals surface area contributed by atoms with Crippen LogP contribution in [0.15, 0.2) is 24.3 Å². The third kappa shape index (κ3) is 3.26. The summed E-state index contributed by atoms with van der Waals surface area (Å²) in [6.07, 6.45) is 3.26. The van der Waals surface area contributed by atoms with E-state index in [1.54, 1.807) is 17.0 Å². The molecule has 0 aromatic heterocycles. The van der Waals surface area contributed by atoms with Crippen LogP contribution in [-0.4, -0.2) is 41.7 Å². The van der Waals surface area contributed by atoms with Gasteiger partial charge in [0.2, 0.25) is 0 Å². The molecule has 1 amide bonds. The number of carbonyl (C=O) groups is 1. The summed E-state index contributed by atoms with van der Waals surface area (Å²) >= 11 is 0. The topological polar surface area (TPSA) is 49.8 Å². The molecule has 0 spiro atoms. The van der Waals surface area contributed by atoms with E-state index in [1.807, 2.05) is 19.1 Å². The lowest BCUT2D eigenvalue weighted by Crippen LogP contribution is -2.45. The Morgan fingerprint density at radius 2 is 2.05 bits per heavy atom. The zero-order chi connectivity index (χ0) is 13.7. The van der Waals surface area contributed by atoms with Gasteiger partial charge in [-0.05, 0) is 50.5 Å². The molecule has 1 fully saturated rings. The fourth-order valence-corrected chi connectivity index (χ4v) is 2.28. The molecular formula is C15H21NO3. The van der Waals surface area contributed by atoms with Gasteiger partial charge in [-0.1, -0.05) is 0 Å². The monoisotopic (exact) mass is 263 g/mol. The second-order valence-corrected chi connectivity index (χ2v) is 4.76. The highest BCUT2D eigenvalue weighted by atomic mass is 16.5. The Morgan fingerprint density at radius 3 is 2.53 bits per heavy atom. The van der Waals surface area contributed by atoms with Crippen LogP contribution in [0, 0.1) is 0 Å². The van der Waals surface area contributed by atoms with Crippen molar-refractivity contribution in [1.82, 2.24) is 4.90 Å². The van der Waals surface area contributed by atoms with Crippen molar-refractivity contribution in [2.24, 2.45) is 0 Å². The standard InChI is InChI=1S/C15H21NO3/c1-2-19-14-8-6-12(7-9-14)15(18)16(10-11-17)13-4-3-5-13/h6-9,13,17H,2-5,10-11H2,1H3. The van der Waals surface area contributed by atoms with Crippen LogP contribution in [0.3, 0.4) is 0 Å². The van der Waals surface area contributed by atoms with Crippen LogP contribution < -0.4 is 4.74 Å². The summed E-state index contributed by atoms with van der Waals surface area (Å²) in [6.45, 7) is 2.97. The first-order valence-corrected chi connectivity index (χ1v) is 6.91. The molecule has 0 aliphatic heterocycles. The number of aliphatic hydroxyl groups excluding tert-OH is 1. The van der Waals surface area contributed by atoms with Crippen LogP contribution in [0.2, 0.25) is 0 Å². The zero-order valence-electron chi connectivity index (χ0n) is 11.3. The van der Waals surface area contributed by atoms with Crippen molar-refractivity contribution in [2.75, 3.05) is 19.8 Å². The molecule has 19 heavy (non-hydrogen) atoms. The van der Waals surface area contributed by atoms with Crippen LogP contribution in [0.25, 0.3) is 0 Å². The predicted octanol–water partition coefficient (Wildman–Crippen LogP) is 2.07. The second-order valence-electron chi connectivity index (χ2n) is 4.76. The average molecular weight is 263 g/mol. The number of aliphatic hydroxyl groups is 1. The molecule has 104 valence electrons. The van der Waals surface area contributed by atoms with Gasteiger partial charge in [0.1, 0.15) is 5.75 Å². The van der Waals surface area contributed by atoms with Gasteiger partial charge in [-0.25, -0.2) is 0 Å². The summed E-state index contributed by atoms with van der Waals surface area (Å²) in [4.78, 5) is 14.2. The van der Waals surface area contributed by atoms with E-state index in [9.17, 15) is 4.79 Å². The van der Waals surface area contributed by atoms with E-state index in [2.05, 4.69) is 0 Å². The number of hydrogen-bond donors (Lipinski definition) is 1. The van der Waals surface area contributed by atoms with E-state index in [4.69, 9.17) is 9.84 Å². The first kappa shape index (κ1) is 13.9. The molecule has 1 aliphatic carbocycles. The molecular weight excluding hydrogens is 242 g/mol. The van der Waals surface area contributed by atoms with Gasteiger partial charge < -0.3 is 14.7 Å². The Balaban J connectivity index is 2.07. The third-order valence-corrected chi connectivity index (χ3v) is 3.53. The Labute approximate surface area is 114 Å². The van der Waals surface area contributed by atoms with Crippen molar-refractivity contribution in [3.63, 3.8) is 0 Å². The maximum Gasteiger partial charge on any atom is 0.254 e. The fourth-order valence-electron chi connectivity index (χ4n) is 2.28. The highest BCUT2D eigenvalue weighted by Gasteiger charge is 2.28. The van der Waals surface area contributed by atoms with Crippen molar-refractivity contribution >= 4 is 5.91 Å². The molecule has 0 bridgehead atoms. The van der Waals surface area contributed by atoms with E-state index < -0.39 is 0 Å². The number of ether oxygens (including phenoxy) is 1. The van der Waals surface area contributed by atoms with Crippen LogP contribution in [-0.2, 0) is 0 Å². The molecule has 1 aromatic carbocycles. The first-order chi connectivity index (χ1) is 9.26. The molecule has 0 atom stereocenters. The fraction of sp³-hybridized carbons (Fsp3) is 0.533. The number of amides is 1. The Bertz CT molecular complexity index is 412. The van der Waals surface area contributed by atoms with Crippen LogP contribution in [0.5, 0.6) is 5.75 Å². The summed E-state index contributed by atoms with van der Waals surface area (Å²) in [5.74, 6) is 0.776. The lowest BCUT2D eigenvalue weighted by atomic mass is 9.91. The van der Waals surface area contributed by atoms with Gasteiger partial charge in [-0.3, -0.25) is 4.79 Å². The van der Waals surface area contributed by atoms with Gasteiger partial charge in [0.25, 0.3) is 5.91 Å². The summed E-state index contributed by atoms with van der Waals surface area (Å²) in [6, 6.07) is 7.50. The van der Waals surface area contributed by atoms with Crippen molar-refractivity contribution in [3.05, 3.63) is 29.8 Å². The lowest BCUT2D eigenvalue weighted by molar-refractivity contribution is 0.0526. The summed E-state index contributed by atoms with van der Waals surface area (Å²) in [7, 11) is 0. The van der Waals surface area contributed by atoms with Gasteiger partial charge in [-0.2, -0.15) is 0 Å². The van der Waals surface area contributed by atoms with Gasteiger partial charge in [0, 0.05) is 18.2 Å². The molecule has 1 N–H and O–H groups in total. The molecule has 4 heteroatoms. The number of hydrogen-bond acceptors (Lipinski definition) is 3. The maximum atomic E-state index is 12.4. The molecule has 0 saturated heterocycles. The first-order valence-electron chi connectivity index (χ1n) is 6.91. The van der Waals surface area contributed by atoms with Crippen molar-refractivity contribution in [2.45, 2.75) is 32.2 Å². The lowest BCUT2D eigenvalue weighted by Gasteiger charge is -2.37. The Kier molecular flexibility index (Phi) is 4.80. The van der Waals surface area contributed by atoms with Crippen molar-refractivity contribution in [3.8, 4) is 5.75 Å². The molecule has 0 unspecified atom stereocenters. The summed E-state index contributed by atoms with van der Waals surface area (Å²) in [5.41, 5.74) is 0.656. The molecule has 1 saturated carbocycles. The minimum Gasteiger partial charge on any atom is -0.494 e. The number of rotatable bonds is 6. The predicted molar refractivity (Wildman–Crippen MR) is 73.4 cm³/mol. The molecule has 1 aromatic rings. The SMILES string of the molecule is CCOc1ccc(C(=O)N(CCO)C2CCC2)cc1. The van der Waals surface area contributed by atoms with E-state index in [1.165, 1.54) is 6.42 Å². The van der Waals surface area contributed by atoms with Crippen LogP contribution in [0.4, 0.5) is 0 Å². The zero-order valence-corrected chi connectivity index (χ0v) is 11.3. The highest BCUT2D eigenvalue weighted by molar-refractivity contribution is 5.94. The number of benzene rings is 1. The third-order valence-electron chi connectivity index (χ3n) is 3.53. The van der Waals surface area contributed by atoms with Crippen LogP contribution >= 0.6 is 0 Å². The summed E-state index contributed by atoms with van der Waals surface area (Å²) in [5, 5.41) is 9.10. The van der Waals surface area contributed by atoms with Gasteiger partial charge in [0.05, 0.1) is 13.2 Å². The maximum absolute atomic E-state index is 12.4. The van der Waals surface area contributed by atoms with Crippen molar-refractivity contribution < 1.29 is 14.6 Å². The number of carbonyl (C=O) groups excluding carboxylic acids is 1. The van der Waals surface area contributed by atoms with Gasteiger partial charge >= 0.3 is 0 Å². The van der Waals surface area contributed by atoms with E-state index >= 15 is 0 Å². The molecule has 0 radical (unpaired) electrons. The Morgan fingerprint density at radius 1 is 1.37 bits per heavy atom. The highest BCUT2D eigenvalue weighted by Crippen LogP contribution is 2.26. The normalized spacial score (nSPS) is 14.8. The minimum absolute atomic E-state index is 0.00167. The smallest absolute Gasteiger partial charge is 0.254 e. The van der Waals surface area contributed by atoms with Gasteiger partial charge in [-0.15, -0.1) is 0 Å².